The molecule has 0 aliphatic rings. The molecule has 0 saturated heterocycles. The highest BCUT2D eigenvalue weighted by Gasteiger charge is 2.33. The summed E-state index contributed by atoms with van der Waals surface area (Å²) >= 11 is 0. The first-order valence-electron chi connectivity index (χ1n) is 7.36. The molecule has 0 spiro atoms. The van der Waals surface area contributed by atoms with Gasteiger partial charge in [-0.25, -0.2) is 13.1 Å². The fourth-order valence-corrected chi connectivity index (χ4v) is 3.42. The third-order valence-electron chi connectivity index (χ3n) is 3.34. The smallest absolute Gasteiger partial charge is 0.265 e. The number of carbonyl (C=O) groups excluding carboxylic acids is 1. The van der Waals surface area contributed by atoms with Crippen molar-refractivity contribution >= 4 is 26.7 Å². The van der Waals surface area contributed by atoms with Gasteiger partial charge in [0.15, 0.2) is 0 Å². The summed E-state index contributed by atoms with van der Waals surface area (Å²) < 4.78 is 32.4. The fourth-order valence-electron chi connectivity index (χ4n) is 2.28. The monoisotopic (exact) mass is 335 g/mol. The van der Waals surface area contributed by atoms with Crippen LogP contribution in [0, 0.1) is 0 Å². The van der Waals surface area contributed by atoms with Crippen molar-refractivity contribution in [2.24, 2.45) is 0 Å². The van der Waals surface area contributed by atoms with Crippen LogP contribution < -0.4 is 4.72 Å². The lowest BCUT2D eigenvalue weighted by Crippen LogP contribution is -2.47. The van der Waals surface area contributed by atoms with Crippen LogP contribution in [0.25, 0.3) is 10.8 Å². The van der Waals surface area contributed by atoms with E-state index < -0.39 is 21.5 Å². The van der Waals surface area contributed by atoms with Crippen molar-refractivity contribution in [1.82, 2.24) is 4.72 Å². The molecule has 2 aromatic rings. The molecule has 0 aliphatic heterocycles. The molecule has 0 heterocycles. The third kappa shape index (κ3) is 4.09. The lowest BCUT2D eigenvalue weighted by molar-refractivity contribution is -0.145. The Balaban J connectivity index is 2.28. The van der Waals surface area contributed by atoms with E-state index in [2.05, 4.69) is 4.72 Å². The highest BCUT2D eigenvalue weighted by atomic mass is 32.2. The van der Waals surface area contributed by atoms with Crippen LogP contribution in [-0.2, 0) is 19.6 Å². The molecule has 0 saturated carbocycles. The number of amides is 1. The molecule has 0 fully saturated rings. The van der Waals surface area contributed by atoms with Gasteiger partial charge in [-0.15, -0.1) is 0 Å². The van der Waals surface area contributed by atoms with Crippen LogP contribution in [0.2, 0.25) is 0 Å². The Labute approximate surface area is 136 Å². The number of hydrogen-bond acceptors (Lipinski definition) is 4. The summed E-state index contributed by atoms with van der Waals surface area (Å²) in [6, 6.07) is 12.2. The second kappa shape index (κ2) is 6.29. The fraction of sp³-hybridized carbons (Fsp3) is 0.353. The van der Waals surface area contributed by atoms with Gasteiger partial charge in [0.2, 0.25) is 0 Å². The molecule has 0 aliphatic carbocycles. The first-order valence-corrected chi connectivity index (χ1v) is 8.84. The third-order valence-corrected chi connectivity index (χ3v) is 4.66. The molecule has 124 valence electrons. The zero-order valence-electron chi connectivity index (χ0n) is 13.7. The van der Waals surface area contributed by atoms with Crippen molar-refractivity contribution in [2.45, 2.75) is 44.3 Å². The molecule has 2 rings (SSSR count). The predicted molar refractivity (Wildman–Crippen MR) is 89.6 cm³/mol. The Hall–Kier alpha value is -1.92. The number of carbonyl (C=O) groups is 1. The number of hydrogen-bond donors (Lipinski definition) is 1. The zero-order chi connectivity index (χ0) is 17.3. The van der Waals surface area contributed by atoms with E-state index in [4.69, 9.17) is 4.74 Å². The van der Waals surface area contributed by atoms with Crippen LogP contribution in [0.1, 0.15) is 27.7 Å². The average Bonchev–Trinajstić information content (AvgIpc) is 2.45. The SMILES string of the molecule is CC(C)OC(C)(C)C(=O)NS(=O)(=O)c1ccc2ccccc2c1. The number of sulfonamides is 1. The Bertz CT molecular complexity index is 825. The van der Waals surface area contributed by atoms with Gasteiger partial charge in [0, 0.05) is 0 Å². The molecule has 0 radical (unpaired) electrons. The molecule has 23 heavy (non-hydrogen) atoms. The molecule has 0 unspecified atom stereocenters. The van der Waals surface area contributed by atoms with Crippen molar-refractivity contribution in [3.05, 3.63) is 42.5 Å². The average molecular weight is 335 g/mol. The second-order valence-electron chi connectivity index (χ2n) is 6.12. The Morgan fingerprint density at radius 2 is 1.70 bits per heavy atom. The van der Waals surface area contributed by atoms with Gasteiger partial charge in [0.05, 0.1) is 11.0 Å². The normalized spacial score (nSPS) is 12.6. The van der Waals surface area contributed by atoms with E-state index >= 15 is 0 Å². The number of ether oxygens (including phenoxy) is 1. The van der Waals surface area contributed by atoms with Gasteiger partial charge < -0.3 is 4.74 Å². The maximum absolute atomic E-state index is 12.4. The minimum absolute atomic E-state index is 0.0462. The topological polar surface area (TPSA) is 72.5 Å². The van der Waals surface area contributed by atoms with Crippen LogP contribution in [0.15, 0.2) is 47.4 Å². The first kappa shape index (κ1) is 17.4. The van der Waals surface area contributed by atoms with E-state index in [-0.39, 0.29) is 11.0 Å². The number of fused-ring (bicyclic) bond motifs is 1. The van der Waals surface area contributed by atoms with Gasteiger partial charge in [-0.05, 0) is 50.6 Å². The van der Waals surface area contributed by atoms with Crippen LogP contribution in [0.4, 0.5) is 0 Å². The Kier molecular flexibility index (Phi) is 4.77. The lowest BCUT2D eigenvalue weighted by atomic mass is 10.1. The number of rotatable bonds is 5. The molecule has 0 aromatic heterocycles. The maximum Gasteiger partial charge on any atom is 0.265 e. The summed E-state index contributed by atoms with van der Waals surface area (Å²) in [5, 5.41) is 1.72. The summed E-state index contributed by atoms with van der Waals surface area (Å²) in [6.45, 7) is 6.65. The summed E-state index contributed by atoms with van der Waals surface area (Å²) in [5.74, 6) is -0.695. The molecule has 5 nitrogen and oxygen atoms in total. The summed E-state index contributed by atoms with van der Waals surface area (Å²) in [7, 11) is -3.95. The van der Waals surface area contributed by atoms with Gasteiger partial charge in [0.1, 0.15) is 5.60 Å². The van der Waals surface area contributed by atoms with Crippen LogP contribution in [-0.4, -0.2) is 26.0 Å². The van der Waals surface area contributed by atoms with Crippen molar-refractivity contribution in [2.75, 3.05) is 0 Å². The standard InChI is InChI=1S/C17H21NO4S/c1-12(2)22-17(3,4)16(19)18-23(20,21)15-10-9-13-7-5-6-8-14(13)11-15/h5-12H,1-4H3,(H,18,19). The molecule has 0 atom stereocenters. The molecule has 1 amide bonds. The van der Waals surface area contributed by atoms with Crippen molar-refractivity contribution in [1.29, 1.82) is 0 Å². The van der Waals surface area contributed by atoms with Crippen LogP contribution in [0.5, 0.6) is 0 Å². The summed E-state index contributed by atoms with van der Waals surface area (Å²) in [4.78, 5) is 12.3. The minimum Gasteiger partial charge on any atom is -0.363 e. The van der Waals surface area contributed by atoms with Crippen LogP contribution >= 0.6 is 0 Å². The van der Waals surface area contributed by atoms with Crippen LogP contribution in [0.3, 0.4) is 0 Å². The van der Waals surface area contributed by atoms with Gasteiger partial charge in [-0.2, -0.15) is 0 Å². The van der Waals surface area contributed by atoms with E-state index in [0.29, 0.717) is 0 Å². The van der Waals surface area contributed by atoms with E-state index in [9.17, 15) is 13.2 Å². The Morgan fingerprint density at radius 3 is 2.30 bits per heavy atom. The van der Waals surface area contributed by atoms with Crippen molar-refractivity contribution in [3.63, 3.8) is 0 Å². The molecule has 0 bridgehead atoms. The van der Waals surface area contributed by atoms with Gasteiger partial charge in [0.25, 0.3) is 15.9 Å². The summed E-state index contributed by atoms with van der Waals surface area (Å²) in [6.07, 6.45) is -0.195. The minimum atomic E-state index is -3.95. The largest absolute Gasteiger partial charge is 0.363 e. The highest BCUT2D eigenvalue weighted by Crippen LogP contribution is 2.20. The second-order valence-corrected chi connectivity index (χ2v) is 7.80. The Morgan fingerprint density at radius 1 is 1.09 bits per heavy atom. The summed E-state index contributed by atoms with van der Waals surface area (Å²) in [5.41, 5.74) is -1.24. The van der Waals surface area contributed by atoms with Gasteiger partial charge >= 0.3 is 0 Å². The number of nitrogens with one attached hydrogen (secondary N) is 1. The highest BCUT2D eigenvalue weighted by molar-refractivity contribution is 7.90. The molecule has 6 heteroatoms. The van der Waals surface area contributed by atoms with Gasteiger partial charge in [-0.1, -0.05) is 30.3 Å². The van der Waals surface area contributed by atoms with E-state index in [1.54, 1.807) is 26.0 Å². The maximum atomic E-state index is 12.4. The molecule has 2 aromatic carbocycles. The predicted octanol–water partition coefficient (Wildman–Crippen LogP) is 2.85. The first-order chi connectivity index (χ1) is 10.6. The van der Waals surface area contributed by atoms with E-state index in [1.165, 1.54) is 19.9 Å². The molecular weight excluding hydrogens is 314 g/mol. The van der Waals surface area contributed by atoms with Gasteiger partial charge in [-0.3, -0.25) is 4.79 Å². The van der Waals surface area contributed by atoms with E-state index in [0.717, 1.165) is 10.8 Å². The quantitative estimate of drug-likeness (QED) is 0.912. The lowest BCUT2D eigenvalue weighted by Gasteiger charge is -2.26. The van der Waals surface area contributed by atoms with E-state index in [1.807, 2.05) is 24.3 Å². The number of benzene rings is 2. The van der Waals surface area contributed by atoms with Crippen molar-refractivity contribution in [3.8, 4) is 0 Å². The molecular formula is C17H21NO4S. The zero-order valence-corrected chi connectivity index (χ0v) is 14.5. The molecule has 1 N–H and O–H groups in total. The van der Waals surface area contributed by atoms with Crippen molar-refractivity contribution < 1.29 is 17.9 Å².